The molecule has 0 spiro atoms. The van der Waals surface area contributed by atoms with Crippen LogP contribution >= 0.6 is 0 Å². The van der Waals surface area contributed by atoms with Crippen LogP contribution in [-0.2, 0) is 0 Å². The summed E-state index contributed by atoms with van der Waals surface area (Å²) < 4.78 is 0. The first-order valence-electron chi connectivity index (χ1n) is 5.35. The fourth-order valence-electron chi connectivity index (χ4n) is 2.07. The quantitative estimate of drug-likeness (QED) is 0.655. The van der Waals surface area contributed by atoms with E-state index >= 15 is 0 Å². The van der Waals surface area contributed by atoms with E-state index in [1.54, 1.807) is 0 Å². The Morgan fingerprint density at radius 1 is 1.54 bits per heavy atom. The van der Waals surface area contributed by atoms with Crippen molar-refractivity contribution in [2.24, 2.45) is 5.73 Å². The second kappa shape index (κ2) is 4.77. The smallest absolute Gasteiger partial charge is 0.0978 e. The van der Waals surface area contributed by atoms with Gasteiger partial charge in [0.25, 0.3) is 0 Å². The molecule has 0 aromatic rings. The summed E-state index contributed by atoms with van der Waals surface area (Å²) >= 11 is 0. The summed E-state index contributed by atoms with van der Waals surface area (Å²) in [5, 5.41) is 10.3. The first kappa shape index (κ1) is 10.7. The minimum absolute atomic E-state index is 0.368. The first-order valence-corrected chi connectivity index (χ1v) is 5.35. The van der Waals surface area contributed by atoms with Crippen molar-refractivity contribution >= 4 is 0 Å². The summed E-state index contributed by atoms with van der Waals surface area (Å²) in [5.74, 6) is 0. The van der Waals surface area contributed by atoms with E-state index in [4.69, 9.17) is 5.73 Å². The fourth-order valence-corrected chi connectivity index (χ4v) is 2.07. The molecule has 1 atom stereocenters. The van der Waals surface area contributed by atoms with Gasteiger partial charge >= 0.3 is 0 Å². The Morgan fingerprint density at radius 2 is 2.31 bits per heavy atom. The summed E-state index contributed by atoms with van der Waals surface area (Å²) in [6.07, 6.45) is 8.59. The monoisotopic (exact) mass is 183 g/mol. The predicted octanol–water partition coefficient (Wildman–Crippen LogP) is 1.98. The molecular weight excluding hydrogens is 162 g/mol. The zero-order valence-electron chi connectivity index (χ0n) is 8.55. The van der Waals surface area contributed by atoms with Crippen LogP contribution in [0.3, 0.4) is 0 Å². The van der Waals surface area contributed by atoms with Gasteiger partial charge in [-0.25, -0.2) is 0 Å². The number of rotatable bonds is 4. The molecule has 0 aliphatic heterocycles. The van der Waals surface area contributed by atoms with E-state index in [1.165, 1.54) is 18.4 Å². The van der Waals surface area contributed by atoms with Gasteiger partial charge in [-0.05, 0) is 37.7 Å². The van der Waals surface area contributed by atoms with Crippen LogP contribution in [0.1, 0.15) is 45.4 Å². The largest absolute Gasteiger partial charge is 0.384 e. The maximum Gasteiger partial charge on any atom is 0.0978 e. The summed E-state index contributed by atoms with van der Waals surface area (Å²) in [6, 6.07) is 0. The Kier molecular flexibility index (Phi) is 3.94. The molecule has 1 rings (SSSR count). The van der Waals surface area contributed by atoms with E-state index in [9.17, 15) is 5.11 Å². The van der Waals surface area contributed by atoms with Gasteiger partial charge in [-0.2, -0.15) is 0 Å². The maximum atomic E-state index is 10.3. The highest BCUT2D eigenvalue weighted by Crippen LogP contribution is 2.30. The number of aliphatic hydroxyl groups is 1. The Bertz CT molecular complexity index is 189. The molecule has 0 aromatic heterocycles. The fraction of sp³-hybridized carbons (Fsp3) is 0.818. The molecule has 0 saturated heterocycles. The summed E-state index contributed by atoms with van der Waals surface area (Å²) in [5.41, 5.74) is 6.12. The van der Waals surface area contributed by atoms with E-state index in [0.29, 0.717) is 6.54 Å². The predicted molar refractivity (Wildman–Crippen MR) is 55.5 cm³/mol. The van der Waals surface area contributed by atoms with Crippen LogP contribution in [0.2, 0.25) is 0 Å². The molecule has 1 aliphatic rings. The molecule has 1 unspecified atom stereocenters. The summed E-state index contributed by atoms with van der Waals surface area (Å²) in [6.45, 7) is 2.46. The topological polar surface area (TPSA) is 46.2 Å². The van der Waals surface area contributed by atoms with Gasteiger partial charge in [-0.3, -0.25) is 0 Å². The molecule has 13 heavy (non-hydrogen) atoms. The van der Waals surface area contributed by atoms with Crippen LogP contribution in [-0.4, -0.2) is 17.3 Å². The highest BCUT2D eigenvalue weighted by atomic mass is 16.3. The highest BCUT2D eigenvalue weighted by molar-refractivity contribution is 5.19. The molecule has 1 aliphatic carbocycles. The molecule has 0 radical (unpaired) electrons. The molecule has 2 nitrogen and oxygen atoms in total. The van der Waals surface area contributed by atoms with Crippen molar-refractivity contribution < 1.29 is 5.11 Å². The number of allylic oxidation sites excluding steroid dienone is 1. The van der Waals surface area contributed by atoms with Crippen LogP contribution in [0, 0.1) is 0 Å². The number of hydrogen-bond donors (Lipinski definition) is 2. The van der Waals surface area contributed by atoms with Gasteiger partial charge in [0.2, 0.25) is 0 Å². The lowest BCUT2D eigenvalue weighted by atomic mass is 9.83. The third kappa shape index (κ3) is 2.55. The van der Waals surface area contributed by atoms with Gasteiger partial charge in [-0.15, -0.1) is 0 Å². The van der Waals surface area contributed by atoms with Crippen molar-refractivity contribution in [1.82, 2.24) is 0 Å². The average Bonchev–Trinajstić information content (AvgIpc) is 2.19. The second-order valence-corrected chi connectivity index (χ2v) is 3.96. The van der Waals surface area contributed by atoms with Crippen LogP contribution < -0.4 is 5.73 Å². The minimum Gasteiger partial charge on any atom is -0.384 e. The molecule has 0 amide bonds. The lowest BCUT2D eigenvalue weighted by Crippen LogP contribution is -2.40. The van der Waals surface area contributed by atoms with Crippen molar-refractivity contribution in [2.45, 2.75) is 51.0 Å². The molecule has 76 valence electrons. The minimum atomic E-state index is -0.699. The average molecular weight is 183 g/mol. The van der Waals surface area contributed by atoms with E-state index in [-0.39, 0.29) is 0 Å². The Balaban J connectivity index is 2.68. The van der Waals surface area contributed by atoms with Gasteiger partial charge in [0, 0.05) is 6.54 Å². The lowest BCUT2D eigenvalue weighted by molar-refractivity contribution is 0.0717. The van der Waals surface area contributed by atoms with Gasteiger partial charge in [0.15, 0.2) is 0 Å². The standard InChI is InChI=1S/C11H21NO/c1-2-8-11(13,9-12)10-6-4-3-5-7-10/h6,13H,2-5,7-9,12H2,1H3. The van der Waals surface area contributed by atoms with E-state index in [1.807, 2.05) is 0 Å². The van der Waals surface area contributed by atoms with Gasteiger partial charge in [0.05, 0.1) is 5.60 Å². The van der Waals surface area contributed by atoms with Crippen molar-refractivity contribution in [1.29, 1.82) is 0 Å². The molecule has 0 aromatic carbocycles. The number of nitrogens with two attached hydrogens (primary N) is 1. The summed E-state index contributed by atoms with van der Waals surface area (Å²) in [4.78, 5) is 0. The zero-order valence-corrected chi connectivity index (χ0v) is 8.55. The molecule has 0 fully saturated rings. The highest BCUT2D eigenvalue weighted by Gasteiger charge is 2.29. The normalized spacial score (nSPS) is 22.2. The maximum absolute atomic E-state index is 10.3. The zero-order chi connectivity index (χ0) is 9.73. The van der Waals surface area contributed by atoms with Crippen LogP contribution in [0.5, 0.6) is 0 Å². The Labute approximate surface area is 80.8 Å². The van der Waals surface area contributed by atoms with Crippen molar-refractivity contribution in [2.75, 3.05) is 6.54 Å². The van der Waals surface area contributed by atoms with Gasteiger partial charge < -0.3 is 10.8 Å². The molecule has 3 N–H and O–H groups in total. The SMILES string of the molecule is CCCC(O)(CN)C1=CCCCC1. The molecule has 2 heteroatoms. The molecule has 0 bridgehead atoms. The third-order valence-electron chi connectivity index (χ3n) is 2.89. The first-order chi connectivity index (χ1) is 6.23. The van der Waals surface area contributed by atoms with Gasteiger partial charge in [-0.1, -0.05) is 19.4 Å². The molecule has 0 heterocycles. The Hall–Kier alpha value is -0.340. The summed E-state index contributed by atoms with van der Waals surface area (Å²) in [7, 11) is 0. The molecule has 0 saturated carbocycles. The van der Waals surface area contributed by atoms with Crippen LogP contribution in [0.25, 0.3) is 0 Å². The third-order valence-corrected chi connectivity index (χ3v) is 2.89. The Morgan fingerprint density at radius 3 is 2.77 bits per heavy atom. The van der Waals surface area contributed by atoms with E-state index in [2.05, 4.69) is 13.0 Å². The van der Waals surface area contributed by atoms with Crippen molar-refractivity contribution in [3.63, 3.8) is 0 Å². The van der Waals surface area contributed by atoms with E-state index < -0.39 is 5.60 Å². The van der Waals surface area contributed by atoms with E-state index in [0.717, 1.165) is 25.7 Å². The van der Waals surface area contributed by atoms with Crippen molar-refractivity contribution in [3.05, 3.63) is 11.6 Å². The van der Waals surface area contributed by atoms with Crippen LogP contribution in [0.4, 0.5) is 0 Å². The lowest BCUT2D eigenvalue weighted by Gasteiger charge is -2.31. The molecular formula is C11H21NO. The van der Waals surface area contributed by atoms with Crippen molar-refractivity contribution in [3.8, 4) is 0 Å². The second-order valence-electron chi connectivity index (χ2n) is 3.96. The van der Waals surface area contributed by atoms with Crippen LogP contribution in [0.15, 0.2) is 11.6 Å². The number of hydrogen-bond acceptors (Lipinski definition) is 2. The van der Waals surface area contributed by atoms with Gasteiger partial charge in [0.1, 0.15) is 0 Å².